The van der Waals surface area contributed by atoms with Crippen LogP contribution < -0.4 is 5.32 Å². The molecule has 1 fully saturated rings. The maximum absolute atomic E-state index is 12.8. The van der Waals surface area contributed by atoms with Crippen molar-refractivity contribution in [1.82, 2.24) is 4.90 Å². The zero-order valence-electron chi connectivity index (χ0n) is 16.0. The zero-order valence-corrected chi connectivity index (χ0v) is 16.8. The van der Waals surface area contributed by atoms with E-state index in [4.69, 9.17) is 0 Å². The standard InChI is InChI=1S/C20H29N3O2S/c1-4-6-12-21-20-23(13-7-5-2)19(25)17(26-20)14-18(24)22-16-11-9-8-10-15(16)3/h8-11,17H,4-7,12-14H2,1-3H3,(H,22,24)/t17-/m0/s1. The maximum atomic E-state index is 12.8. The fourth-order valence-electron chi connectivity index (χ4n) is 2.70. The molecule has 0 aliphatic carbocycles. The fraction of sp³-hybridized carbons (Fsp3) is 0.550. The Labute approximate surface area is 160 Å². The molecule has 0 bridgehead atoms. The number of nitrogens with one attached hydrogen (secondary N) is 1. The Morgan fingerprint density at radius 2 is 1.96 bits per heavy atom. The lowest BCUT2D eigenvalue weighted by molar-refractivity contribution is -0.128. The van der Waals surface area contributed by atoms with Crippen LogP contribution in [-0.2, 0) is 9.59 Å². The third kappa shape index (κ3) is 5.59. The van der Waals surface area contributed by atoms with Crippen LogP contribution in [0.2, 0.25) is 0 Å². The second kappa shape index (κ2) is 10.4. The molecule has 1 aliphatic rings. The van der Waals surface area contributed by atoms with Gasteiger partial charge in [-0.3, -0.25) is 19.5 Å². The van der Waals surface area contributed by atoms with Gasteiger partial charge in [-0.15, -0.1) is 0 Å². The number of hydrogen-bond acceptors (Lipinski definition) is 4. The SMILES string of the molecule is CCCCN=C1S[C@@H](CC(=O)Nc2ccccc2C)C(=O)N1CCCC. The van der Waals surface area contributed by atoms with E-state index in [9.17, 15) is 9.59 Å². The van der Waals surface area contributed by atoms with E-state index in [1.807, 2.05) is 31.2 Å². The van der Waals surface area contributed by atoms with Crippen LogP contribution in [0.25, 0.3) is 0 Å². The number of aliphatic imine (C=N–C) groups is 1. The molecule has 1 heterocycles. The normalized spacial score (nSPS) is 18.6. The number of aryl methyl sites for hydroxylation is 1. The van der Waals surface area contributed by atoms with Crippen LogP contribution >= 0.6 is 11.8 Å². The molecule has 1 aromatic carbocycles. The second-order valence-electron chi connectivity index (χ2n) is 6.53. The molecule has 5 nitrogen and oxygen atoms in total. The molecular formula is C20H29N3O2S. The molecule has 6 heteroatoms. The van der Waals surface area contributed by atoms with Crippen molar-refractivity contribution in [2.75, 3.05) is 18.4 Å². The summed E-state index contributed by atoms with van der Waals surface area (Å²) in [7, 11) is 0. The highest BCUT2D eigenvalue weighted by Crippen LogP contribution is 2.30. The van der Waals surface area contributed by atoms with Gasteiger partial charge in [0.25, 0.3) is 0 Å². The Morgan fingerprint density at radius 1 is 1.23 bits per heavy atom. The number of unbranched alkanes of at least 4 members (excludes halogenated alkanes) is 2. The molecule has 0 aromatic heterocycles. The van der Waals surface area contributed by atoms with Crippen molar-refractivity contribution in [2.45, 2.75) is 58.1 Å². The molecule has 0 spiro atoms. The summed E-state index contributed by atoms with van der Waals surface area (Å²) in [6, 6.07) is 7.66. The first-order valence-corrected chi connectivity index (χ1v) is 10.3. The first-order valence-electron chi connectivity index (χ1n) is 9.44. The van der Waals surface area contributed by atoms with Gasteiger partial charge in [-0.05, 0) is 31.4 Å². The summed E-state index contributed by atoms with van der Waals surface area (Å²) >= 11 is 1.44. The highest BCUT2D eigenvalue weighted by Gasteiger charge is 2.38. The Hall–Kier alpha value is -1.82. The summed E-state index contributed by atoms with van der Waals surface area (Å²) in [5.74, 6) is -0.117. The van der Waals surface area contributed by atoms with Gasteiger partial charge < -0.3 is 5.32 Å². The van der Waals surface area contributed by atoms with Crippen LogP contribution in [0.5, 0.6) is 0 Å². The van der Waals surface area contributed by atoms with E-state index in [1.54, 1.807) is 4.90 Å². The molecule has 1 aliphatic heterocycles. The summed E-state index contributed by atoms with van der Waals surface area (Å²) < 4.78 is 0. The van der Waals surface area contributed by atoms with E-state index >= 15 is 0 Å². The van der Waals surface area contributed by atoms with E-state index in [2.05, 4.69) is 24.2 Å². The van der Waals surface area contributed by atoms with Gasteiger partial charge in [0.15, 0.2) is 5.17 Å². The minimum atomic E-state index is -0.378. The first-order chi connectivity index (χ1) is 12.6. The average molecular weight is 376 g/mol. The second-order valence-corrected chi connectivity index (χ2v) is 7.70. The highest BCUT2D eigenvalue weighted by atomic mass is 32.2. The number of amidine groups is 1. The smallest absolute Gasteiger partial charge is 0.242 e. The zero-order chi connectivity index (χ0) is 18.9. The van der Waals surface area contributed by atoms with E-state index in [0.717, 1.165) is 48.6 Å². The molecule has 26 heavy (non-hydrogen) atoms. The number of para-hydroxylation sites is 1. The van der Waals surface area contributed by atoms with Gasteiger partial charge in [-0.25, -0.2) is 0 Å². The summed E-state index contributed by atoms with van der Waals surface area (Å²) in [6.45, 7) is 7.60. The van der Waals surface area contributed by atoms with Crippen molar-refractivity contribution in [3.8, 4) is 0 Å². The Kier molecular flexibility index (Phi) is 8.16. The van der Waals surface area contributed by atoms with Crippen molar-refractivity contribution in [3.05, 3.63) is 29.8 Å². The topological polar surface area (TPSA) is 61.8 Å². The lowest BCUT2D eigenvalue weighted by Gasteiger charge is -2.16. The quantitative estimate of drug-likeness (QED) is 0.657. The lowest BCUT2D eigenvalue weighted by Crippen LogP contribution is -2.34. The molecular weight excluding hydrogens is 346 g/mol. The summed E-state index contributed by atoms with van der Waals surface area (Å²) in [5, 5.41) is 3.32. The minimum absolute atomic E-state index is 0.0126. The molecule has 2 amide bonds. The lowest BCUT2D eigenvalue weighted by atomic mass is 10.2. The van der Waals surface area contributed by atoms with Crippen LogP contribution in [0.3, 0.4) is 0 Å². The van der Waals surface area contributed by atoms with Crippen LogP contribution in [0, 0.1) is 6.92 Å². The third-order valence-electron chi connectivity index (χ3n) is 4.30. The van der Waals surface area contributed by atoms with Crippen LogP contribution in [0.1, 0.15) is 51.5 Å². The van der Waals surface area contributed by atoms with Crippen molar-refractivity contribution < 1.29 is 9.59 Å². The van der Waals surface area contributed by atoms with Crippen LogP contribution in [0.15, 0.2) is 29.3 Å². The van der Waals surface area contributed by atoms with Crippen molar-refractivity contribution in [2.24, 2.45) is 4.99 Å². The Balaban J connectivity index is 2.01. The Bertz CT molecular complexity index is 660. The molecule has 2 rings (SSSR count). The minimum Gasteiger partial charge on any atom is -0.326 e. The van der Waals surface area contributed by atoms with Crippen molar-refractivity contribution in [1.29, 1.82) is 0 Å². The maximum Gasteiger partial charge on any atom is 0.242 e. The monoisotopic (exact) mass is 375 g/mol. The summed E-state index contributed by atoms with van der Waals surface area (Å²) in [6.07, 6.45) is 4.23. The number of amides is 2. The van der Waals surface area contributed by atoms with E-state index in [1.165, 1.54) is 11.8 Å². The number of hydrogen-bond donors (Lipinski definition) is 1. The van der Waals surface area contributed by atoms with Crippen LogP contribution in [0.4, 0.5) is 5.69 Å². The predicted molar refractivity (Wildman–Crippen MR) is 110 cm³/mol. The van der Waals surface area contributed by atoms with Gasteiger partial charge in [0.2, 0.25) is 11.8 Å². The average Bonchev–Trinajstić information content (AvgIpc) is 2.90. The van der Waals surface area contributed by atoms with Crippen molar-refractivity contribution >= 4 is 34.4 Å². The largest absolute Gasteiger partial charge is 0.326 e. The number of thioether (sulfide) groups is 1. The molecule has 0 unspecified atom stereocenters. The van der Waals surface area contributed by atoms with Gasteiger partial charge >= 0.3 is 0 Å². The molecule has 1 atom stereocenters. The first kappa shape index (κ1) is 20.5. The van der Waals surface area contributed by atoms with E-state index < -0.39 is 0 Å². The van der Waals surface area contributed by atoms with E-state index in [0.29, 0.717) is 6.54 Å². The molecule has 142 valence electrons. The number of nitrogens with zero attached hydrogens (tertiary/aromatic N) is 2. The van der Waals surface area contributed by atoms with Gasteiger partial charge in [0, 0.05) is 25.2 Å². The fourth-order valence-corrected chi connectivity index (χ4v) is 3.89. The number of benzene rings is 1. The van der Waals surface area contributed by atoms with Gasteiger partial charge in [0.1, 0.15) is 5.25 Å². The van der Waals surface area contributed by atoms with E-state index in [-0.39, 0.29) is 23.5 Å². The molecule has 0 saturated carbocycles. The number of carbonyl (C=O) groups excluding carboxylic acids is 2. The van der Waals surface area contributed by atoms with Crippen molar-refractivity contribution in [3.63, 3.8) is 0 Å². The van der Waals surface area contributed by atoms with Gasteiger partial charge in [0.05, 0.1) is 0 Å². The highest BCUT2D eigenvalue weighted by molar-refractivity contribution is 8.15. The number of anilines is 1. The summed E-state index contributed by atoms with van der Waals surface area (Å²) in [4.78, 5) is 31.6. The molecule has 1 N–H and O–H groups in total. The number of carbonyl (C=O) groups is 2. The molecule has 1 aromatic rings. The van der Waals surface area contributed by atoms with Crippen LogP contribution in [-0.4, -0.2) is 40.2 Å². The Morgan fingerprint density at radius 3 is 2.65 bits per heavy atom. The molecule has 1 saturated heterocycles. The predicted octanol–water partition coefficient (Wildman–Crippen LogP) is 4.22. The third-order valence-corrected chi connectivity index (χ3v) is 5.52. The van der Waals surface area contributed by atoms with Gasteiger partial charge in [-0.1, -0.05) is 56.7 Å². The summed E-state index contributed by atoms with van der Waals surface area (Å²) in [5.41, 5.74) is 1.81. The molecule has 0 radical (unpaired) electrons. The number of rotatable bonds is 9. The van der Waals surface area contributed by atoms with Gasteiger partial charge in [-0.2, -0.15) is 0 Å².